The first kappa shape index (κ1) is 15.5. The summed E-state index contributed by atoms with van der Waals surface area (Å²) < 4.78 is 23.9. The van der Waals surface area contributed by atoms with Crippen molar-refractivity contribution in [1.29, 1.82) is 0 Å². The van der Waals surface area contributed by atoms with E-state index >= 15 is 0 Å². The van der Waals surface area contributed by atoms with Gasteiger partial charge in [0.25, 0.3) is 15.9 Å². The number of carbonyl (C=O) groups excluding carboxylic acids is 1. The van der Waals surface area contributed by atoms with Crippen LogP contribution in [-0.4, -0.2) is 24.1 Å². The molecule has 4 bridgehead atoms. The standard InChI is InChI=1S/C14H20N4O3S2/c1-18-12(22-13(17-18)23(15,20)21)16-11(19)14-5-8-2-9(6-14)4-10(3-8)7-14/h8-10H,2-7H2,1H3,(H2,15,20,21). The van der Waals surface area contributed by atoms with Crippen LogP contribution in [0.2, 0.25) is 0 Å². The molecule has 4 fully saturated rings. The second-order valence-electron chi connectivity index (χ2n) is 7.43. The number of sulfonamides is 1. The first-order valence-corrected chi connectivity index (χ1v) is 10.3. The summed E-state index contributed by atoms with van der Waals surface area (Å²) in [7, 11) is -2.29. The highest BCUT2D eigenvalue weighted by Gasteiger charge is 2.54. The molecule has 0 aromatic carbocycles. The molecule has 5 rings (SSSR count). The van der Waals surface area contributed by atoms with Crippen molar-refractivity contribution >= 4 is 27.3 Å². The Bertz CT molecular complexity index is 801. The average molecular weight is 356 g/mol. The second kappa shape index (κ2) is 4.97. The van der Waals surface area contributed by atoms with Crippen LogP contribution in [0.5, 0.6) is 0 Å². The Labute approximate surface area is 138 Å². The Kier molecular flexibility index (Phi) is 3.34. The quantitative estimate of drug-likeness (QED) is 0.844. The van der Waals surface area contributed by atoms with Crippen molar-refractivity contribution < 1.29 is 13.2 Å². The van der Waals surface area contributed by atoms with Gasteiger partial charge >= 0.3 is 0 Å². The molecule has 0 saturated heterocycles. The third kappa shape index (κ3) is 2.58. The molecule has 2 N–H and O–H groups in total. The van der Waals surface area contributed by atoms with Gasteiger partial charge in [-0.2, -0.15) is 4.99 Å². The highest BCUT2D eigenvalue weighted by Crippen LogP contribution is 2.60. The zero-order chi connectivity index (χ0) is 16.4. The number of hydrogen-bond donors (Lipinski definition) is 1. The Morgan fingerprint density at radius 1 is 1.26 bits per heavy atom. The largest absolute Gasteiger partial charge is 0.272 e. The van der Waals surface area contributed by atoms with Crippen LogP contribution in [0.1, 0.15) is 38.5 Å². The molecular weight excluding hydrogens is 336 g/mol. The van der Waals surface area contributed by atoms with E-state index in [0.29, 0.717) is 22.6 Å². The molecule has 1 amide bonds. The van der Waals surface area contributed by atoms with E-state index in [2.05, 4.69) is 10.1 Å². The summed E-state index contributed by atoms with van der Waals surface area (Å²) in [5, 5.41) is 8.95. The van der Waals surface area contributed by atoms with E-state index in [-0.39, 0.29) is 15.7 Å². The molecule has 0 aliphatic heterocycles. The predicted molar refractivity (Wildman–Crippen MR) is 83.6 cm³/mol. The van der Waals surface area contributed by atoms with Crippen molar-refractivity contribution in [1.82, 2.24) is 9.78 Å². The number of aromatic nitrogens is 2. The normalized spacial score (nSPS) is 36.6. The van der Waals surface area contributed by atoms with Gasteiger partial charge in [0.15, 0.2) is 0 Å². The molecule has 0 spiro atoms. The van der Waals surface area contributed by atoms with Gasteiger partial charge in [-0.15, -0.1) is 5.10 Å². The van der Waals surface area contributed by atoms with E-state index in [4.69, 9.17) is 5.14 Å². The smallest absolute Gasteiger partial charge is 0.267 e. The first-order chi connectivity index (χ1) is 10.7. The SMILES string of the molecule is Cn1nc(S(N)(=O)=O)sc1=NC(=O)C12CC3CC(CC(C3)C1)C2. The summed E-state index contributed by atoms with van der Waals surface area (Å²) >= 11 is 0.850. The van der Waals surface area contributed by atoms with Crippen molar-refractivity contribution in [2.24, 2.45) is 40.3 Å². The van der Waals surface area contributed by atoms with Crippen molar-refractivity contribution in [3.8, 4) is 0 Å². The highest BCUT2D eigenvalue weighted by atomic mass is 32.2. The van der Waals surface area contributed by atoms with Gasteiger partial charge < -0.3 is 0 Å². The first-order valence-electron chi connectivity index (χ1n) is 7.91. The van der Waals surface area contributed by atoms with Crippen LogP contribution in [0.25, 0.3) is 0 Å². The fourth-order valence-electron chi connectivity index (χ4n) is 5.12. The van der Waals surface area contributed by atoms with Gasteiger partial charge in [0, 0.05) is 7.05 Å². The van der Waals surface area contributed by atoms with Gasteiger partial charge in [-0.05, 0) is 56.3 Å². The van der Waals surface area contributed by atoms with Crippen LogP contribution < -0.4 is 9.94 Å². The molecule has 1 aromatic rings. The molecule has 0 radical (unpaired) electrons. The third-order valence-corrected chi connectivity index (χ3v) is 7.93. The zero-order valence-corrected chi connectivity index (χ0v) is 14.6. The number of amides is 1. The third-order valence-electron chi connectivity index (χ3n) is 5.62. The van der Waals surface area contributed by atoms with Gasteiger partial charge in [-0.3, -0.25) is 4.79 Å². The Morgan fingerprint density at radius 2 is 1.78 bits per heavy atom. The minimum absolute atomic E-state index is 0.100. The molecular formula is C14H20N4O3S2. The van der Waals surface area contributed by atoms with Gasteiger partial charge in [0.05, 0.1) is 5.41 Å². The number of carbonyl (C=O) groups is 1. The van der Waals surface area contributed by atoms with Crippen molar-refractivity contribution in [3.05, 3.63) is 4.80 Å². The molecule has 4 aliphatic rings. The lowest BCUT2D eigenvalue weighted by Gasteiger charge is -2.55. The molecule has 7 nitrogen and oxygen atoms in total. The summed E-state index contributed by atoms with van der Waals surface area (Å²) in [5.41, 5.74) is -0.326. The molecule has 1 heterocycles. The Hall–Kier alpha value is -1.06. The lowest BCUT2D eigenvalue weighted by molar-refractivity contribution is -0.142. The second-order valence-corrected chi connectivity index (χ2v) is 10.1. The molecule has 4 saturated carbocycles. The summed E-state index contributed by atoms with van der Waals surface area (Å²) in [6.07, 6.45) is 6.59. The van der Waals surface area contributed by atoms with Gasteiger partial charge in [-0.1, -0.05) is 11.3 Å². The van der Waals surface area contributed by atoms with Crippen LogP contribution in [0, 0.1) is 23.2 Å². The van der Waals surface area contributed by atoms with Crippen molar-refractivity contribution in [2.75, 3.05) is 0 Å². The van der Waals surface area contributed by atoms with Gasteiger partial charge in [0.1, 0.15) is 0 Å². The number of rotatable bonds is 2. The van der Waals surface area contributed by atoms with E-state index in [1.165, 1.54) is 23.9 Å². The number of nitrogens with two attached hydrogens (primary N) is 1. The maximum absolute atomic E-state index is 12.9. The lowest BCUT2D eigenvalue weighted by Crippen LogP contribution is -2.49. The van der Waals surface area contributed by atoms with Gasteiger partial charge in [0.2, 0.25) is 9.14 Å². The fraction of sp³-hybridized carbons (Fsp3) is 0.786. The van der Waals surface area contributed by atoms with Crippen LogP contribution >= 0.6 is 11.3 Å². The molecule has 0 unspecified atom stereocenters. The molecule has 126 valence electrons. The van der Waals surface area contributed by atoms with E-state index in [1.807, 2.05) is 0 Å². The van der Waals surface area contributed by atoms with Crippen LogP contribution in [0.15, 0.2) is 9.33 Å². The zero-order valence-electron chi connectivity index (χ0n) is 12.9. The van der Waals surface area contributed by atoms with E-state index < -0.39 is 10.0 Å². The molecule has 9 heteroatoms. The topological polar surface area (TPSA) is 107 Å². The summed E-state index contributed by atoms with van der Waals surface area (Å²) in [6.45, 7) is 0. The molecule has 1 aromatic heterocycles. The minimum atomic E-state index is -3.87. The number of primary sulfonamides is 1. The summed E-state index contributed by atoms with van der Waals surface area (Å²) in [4.78, 5) is 17.4. The Morgan fingerprint density at radius 3 is 2.22 bits per heavy atom. The predicted octanol–water partition coefficient (Wildman–Crippen LogP) is 0.773. The molecule has 23 heavy (non-hydrogen) atoms. The Balaban J connectivity index is 1.69. The van der Waals surface area contributed by atoms with Crippen molar-refractivity contribution in [2.45, 2.75) is 42.9 Å². The number of hydrogen-bond acceptors (Lipinski definition) is 5. The average Bonchev–Trinajstić information content (AvgIpc) is 2.78. The van der Waals surface area contributed by atoms with E-state index in [0.717, 1.165) is 30.6 Å². The van der Waals surface area contributed by atoms with Gasteiger partial charge in [-0.25, -0.2) is 18.2 Å². The van der Waals surface area contributed by atoms with E-state index in [1.54, 1.807) is 7.05 Å². The van der Waals surface area contributed by atoms with Crippen molar-refractivity contribution in [3.63, 3.8) is 0 Å². The monoisotopic (exact) mass is 356 g/mol. The van der Waals surface area contributed by atoms with Crippen LogP contribution in [0.4, 0.5) is 0 Å². The maximum Gasteiger partial charge on any atom is 0.267 e. The number of aryl methyl sites for hydroxylation is 1. The van der Waals surface area contributed by atoms with Crippen LogP contribution in [0.3, 0.4) is 0 Å². The van der Waals surface area contributed by atoms with E-state index in [9.17, 15) is 13.2 Å². The summed E-state index contributed by atoms with van der Waals surface area (Å²) in [5.74, 6) is 1.89. The highest BCUT2D eigenvalue weighted by molar-refractivity contribution is 7.91. The van der Waals surface area contributed by atoms with Crippen LogP contribution in [-0.2, 0) is 21.9 Å². The lowest BCUT2D eigenvalue weighted by atomic mass is 9.49. The fourth-order valence-corrected chi connectivity index (χ4v) is 6.66. The molecule has 0 atom stereocenters. The maximum atomic E-state index is 12.9. The number of nitrogens with zero attached hydrogens (tertiary/aromatic N) is 3. The molecule has 4 aliphatic carbocycles. The minimum Gasteiger partial charge on any atom is -0.272 e. The summed E-state index contributed by atoms with van der Waals surface area (Å²) in [6, 6.07) is 0.